The molecule has 0 radical (unpaired) electrons. The number of rotatable bonds is 3. The molecule has 0 aromatic heterocycles. The SMILES string of the molecule is Cl[SiH2]Cc1ccccc1-c1cccc2ccccc12. The Labute approximate surface area is 120 Å². The third kappa shape index (κ3) is 2.44. The van der Waals surface area contributed by atoms with E-state index in [1.165, 1.54) is 27.5 Å². The van der Waals surface area contributed by atoms with Crippen molar-refractivity contribution in [3.05, 3.63) is 72.3 Å². The molecule has 0 nitrogen and oxygen atoms in total. The van der Waals surface area contributed by atoms with Crippen LogP contribution in [0.4, 0.5) is 0 Å². The first-order valence-corrected chi connectivity index (χ1v) is 9.66. The second-order valence-corrected chi connectivity index (χ2v) is 6.63. The quantitative estimate of drug-likeness (QED) is 0.495. The van der Waals surface area contributed by atoms with E-state index in [9.17, 15) is 0 Å². The number of hydrogen-bond acceptors (Lipinski definition) is 0. The Morgan fingerprint density at radius 2 is 1.42 bits per heavy atom. The van der Waals surface area contributed by atoms with E-state index in [-0.39, 0.29) is 0 Å². The smallest absolute Gasteiger partial charge is 0.129 e. The monoisotopic (exact) mass is 282 g/mol. The summed E-state index contributed by atoms with van der Waals surface area (Å²) in [5.41, 5.74) is 4.01. The van der Waals surface area contributed by atoms with Gasteiger partial charge in [-0.15, -0.1) is 0 Å². The van der Waals surface area contributed by atoms with E-state index in [4.69, 9.17) is 11.1 Å². The zero-order chi connectivity index (χ0) is 13.1. The zero-order valence-electron chi connectivity index (χ0n) is 10.6. The summed E-state index contributed by atoms with van der Waals surface area (Å²) < 4.78 is 0. The van der Waals surface area contributed by atoms with Gasteiger partial charge in [0.2, 0.25) is 0 Å². The van der Waals surface area contributed by atoms with Gasteiger partial charge in [-0.2, -0.15) is 11.1 Å². The van der Waals surface area contributed by atoms with E-state index in [0.29, 0.717) is 0 Å². The van der Waals surface area contributed by atoms with Crippen LogP contribution in [0.1, 0.15) is 5.56 Å². The molecule has 3 aromatic rings. The van der Waals surface area contributed by atoms with Crippen molar-refractivity contribution in [3.63, 3.8) is 0 Å². The third-order valence-electron chi connectivity index (χ3n) is 3.46. The lowest BCUT2D eigenvalue weighted by atomic mass is 9.95. The summed E-state index contributed by atoms with van der Waals surface area (Å²) in [6.07, 6.45) is 0. The molecule has 0 N–H and O–H groups in total. The van der Waals surface area contributed by atoms with Crippen molar-refractivity contribution >= 4 is 30.7 Å². The van der Waals surface area contributed by atoms with E-state index in [0.717, 1.165) is 6.04 Å². The standard InChI is InChI=1S/C17H15ClSi/c18-19-12-14-7-2-4-10-16(14)17-11-5-8-13-6-1-3-9-15(13)17/h1-11H,12,19H2. The van der Waals surface area contributed by atoms with Crippen LogP contribution in [-0.4, -0.2) is 8.83 Å². The first-order valence-electron chi connectivity index (χ1n) is 6.52. The summed E-state index contributed by atoms with van der Waals surface area (Å²) in [5.74, 6) is 0. The molecule has 0 aliphatic rings. The lowest BCUT2D eigenvalue weighted by molar-refractivity contribution is 1.40. The van der Waals surface area contributed by atoms with Gasteiger partial charge in [0.15, 0.2) is 0 Å². The minimum Gasteiger partial charge on any atom is -0.176 e. The molecule has 0 atom stereocenters. The first kappa shape index (κ1) is 12.5. The molecular formula is C17H15ClSi. The van der Waals surface area contributed by atoms with Crippen molar-refractivity contribution in [2.45, 2.75) is 6.04 Å². The Balaban J connectivity index is 2.25. The van der Waals surface area contributed by atoms with Crippen molar-refractivity contribution in [3.8, 4) is 11.1 Å². The topological polar surface area (TPSA) is 0 Å². The molecule has 2 heteroatoms. The molecule has 0 amide bonds. The van der Waals surface area contributed by atoms with Gasteiger partial charge in [-0.25, -0.2) is 0 Å². The average molecular weight is 283 g/mol. The molecule has 0 fully saturated rings. The van der Waals surface area contributed by atoms with Crippen molar-refractivity contribution in [1.82, 2.24) is 0 Å². The van der Waals surface area contributed by atoms with Gasteiger partial charge >= 0.3 is 0 Å². The summed E-state index contributed by atoms with van der Waals surface area (Å²) >= 11 is 6.05. The summed E-state index contributed by atoms with van der Waals surface area (Å²) in [4.78, 5) is 0. The van der Waals surface area contributed by atoms with Gasteiger partial charge < -0.3 is 0 Å². The molecule has 0 bridgehead atoms. The highest BCUT2D eigenvalue weighted by molar-refractivity contribution is 6.93. The molecule has 0 heterocycles. The summed E-state index contributed by atoms with van der Waals surface area (Å²) in [6.45, 7) is 0. The second kappa shape index (κ2) is 5.60. The van der Waals surface area contributed by atoms with Gasteiger partial charge in [0, 0.05) is 0 Å². The molecule has 0 saturated carbocycles. The van der Waals surface area contributed by atoms with Crippen LogP contribution in [0.3, 0.4) is 0 Å². The Kier molecular flexibility index (Phi) is 3.67. The second-order valence-electron chi connectivity index (χ2n) is 4.62. The highest BCUT2D eigenvalue weighted by atomic mass is 35.6. The van der Waals surface area contributed by atoms with Gasteiger partial charge in [0.1, 0.15) is 8.83 Å². The first-order chi connectivity index (χ1) is 9.40. The van der Waals surface area contributed by atoms with Gasteiger partial charge in [-0.05, 0) is 33.5 Å². The molecule has 0 aliphatic carbocycles. The largest absolute Gasteiger partial charge is 0.176 e. The van der Waals surface area contributed by atoms with Crippen LogP contribution >= 0.6 is 11.1 Å². The van der Waals surface area contributed by atoms with E-state index >= 15 is 0 Å². The number of hydrogen-bond donors (Lipinski definition) is 0. The Morgan fingerprint density at radius 3 is 2.32 bits per heavy atom. The van der Waals surface area contributed by atoms with Crippen molar-refractivity contribution < 1.29 is 0 Å². The van der Waals surface area contributed by atoms with Gasteiger partial charge in [0.25, 0.3) is 0 Å². The lowest BCUT2D eigenvalue weighted by Gasteiger charge is -2.11. The minimum absolute atomic E-state index is 0.490. The maximum Gasteiger partial charge on any atom is 0.129 e. The van der Waals surface area contributed by atoms with Gasteiger partial charge in [-0.3, -0.25) is 0 Å². The fourth-order valence-electron chi connectivity index (χ4n) is 2.56. The van der Waals surface area contributed by atoms with Crippen LogP contribution in [0.15, 0.2) is 66.7 Å². The fraction of sp³-hybridized carbons (Fsp3) is 0.0588. The Bertz CT molecular complexity index is 701. The highest BCUT2D eigenvalue weighted by Gasteiger charge is 2.07. The lowest BCUT2D eigenvalue weighted by Crippen LogP contribution is -1.93. The van der Waals surface area contributed by atoms with E-state index < -0.39 is 8.83 Å². The molecule has 0 aliphatic heterocycles. The number of benzene rings is 3. The Morgan fingerprint density at radius 1 is 0.737 bits per heavy atom. The predicted octanol–water partition coefficient (Wildman–Crippen LogP) is 4.33. The molecular weight excluding hydrogens is 268 g/mol. The number of halogens is 1. The van der Waals surface area contributed by atoms with Crippen LogP contribution in [0, 0.1) is 0 Å². The molecule has 3 aromatic carbocycles. The van der Waals surface area contributed by atoms with Gasteiger partial charge in [0.05, 0.1) is 0 Å². The van der Waals surface area contributed by atoms with Crippen molar-refractivity contribution in [1.29, 1.82) is 0 Å². The van der Waals surface area contributed by atoms with Gasteiger partial charge in [-0.1, -0.05) is 66.7 Å². The van der Waals surface area contributed by atoms with Crippen LogP contribution in [0.2, 0.25) is 0 Å². The van der Waals surface area contributed by atoms with E-state index in [1.54, 1.807) is 0 Å². The summed E-state index contributed by atoms with van der Waals surface area (Å²) in [5, 5.41) is 2.60. The van der Waals surface area contributed by atoms with Crippen molar-refractivity contribution in [2.75, 3.05) is 0 Å². The van der Waals surface area contributed by atoms with Crippen LogP contribution in [0.5, 0.6) is 0 Å². The normalized spacial score (nSPS) is 11.4. The van der Waals surface area contributed by atoms with E-state index in [1.807, 2.05) is 0 Å². The predicted molar refractivity (Wildman–Crippen MR) is 87.5 cm³/mol. The minimum atomic E-state index is -0.490. The summed E-state index contributed by atoms with van der Waals surface area (Å²) in [7, 11) is -0.490. The van der Waals surface area contributed by atoms with Crippen LogP contribution in [0.25, 0.3) is 21.9 Å². The zero-order valence-corrected chi connectivity index (χ0v) is 12.8. The molecule has 19 heavy (non-hydrogen) atoms. The summed E-state index contributed by atoms with van der Waals surface area (Å²) in [6, 6.07) is 24.7. The van der Waals surface area contributed by atoms with Crippen LogP contribution in [-0.2, 0) is 6.04 Å². The van der Waals surface area contributed by atoms with Crippen molar-refractivity contribution in [2.24, 2.45) is 0 Å². The van der Waals surface area contributed by atoms with Crippen LogP contribution < -0.4 is 0 Å². The maximum absolute atomic E-state index is 6.05. The molecule has 0 saturated heterocycles. The van der Waals surface area contributed by atoms with E-state index in [2.05, 4.69) is 66.7 Å². The molecule has 0 unspecified atom stereocenters. The molecule has 94 valence electrons. The fourth-order valence-corrected chi connectivity index (χ4v) is 3.81. The highest BCUT2D eigenvalue weighted by Crippen LogP contribution is 2.31. The third-order valence-corrected chi connectivity index (χ3v) is 4.76. The Hall–Kier alpha value is -1.57. The average Bonchev–Trinajstić information content (AvgIpc) is 2.48. The molecule has 3 rings (SSSR count). The number of fused-ring (bicyclic) bond motifs is 1. The maximum atomic E-state index is 6.05. The molecule has 0 spiro atoms.